The van der Waals surface area contributed by atoms with Crippen LogP contribution in [0.4, 0.5) is 11.6 Å². The smallest absolute Gasteiger partial charge is 0.252 e. The van der Waals surface area contributed by atoms with E-state index in [1.807, 2.05) is 0 Å². The van der Waals surface area contributed by atoms with Gasteiger partial charge in [0, 0.05) is 11.6 Å². The van der Waals surface area contributed by atoms with E-state index in [0.717, 1.165) is 5.56 Å². The summed E-state index contributed by atoms with van der Waals surface area (Å²) in [5, 5.41) is 0. The summed E-state index contributed by atoms with van der Waals surface area (Å²) < 4.78 is 5.60. The van der Waals surface area contributed by atoms with Crippen molar-refractivity contribution in [1.29, 1.82) is 0 Å². The van der Waals surface area contributed by atoms with Crippen LogP contribution < -0.4 is 21.8 Å². The van der Waals surface area contributed by atoms with Gasteiger partial charge in [0.2, 0.25) is 5.95 Å². The Bertz CT molecular complexity index is 664. The number of hydrogen-bond acceptors (Lipinski definition) is 5. The topological polar surface area (TPSA) is 107 Å². The highest BCUT2D eigenvalue weighted by molar-refractivity contribution is 5.68. The maximum Gasteiger partial charge on any atom is 0.252 e. The van der Waals surface area contributed by atoms with Crippen LogP contribution in [-0.4, -0.2) is 16.6 Å². The van der Waals surface area contributed by atoms with E-state index in [4.69, 9.17) is 16.2 Å². The summed E-state index contributed by atoms with van der Waals surface area (Å²) in [5.41, 5.74) is 12.9. The van der Waals surface area contributed by atoms with Crippen molar-refractivity contribution in [3.05, 3.63) is 34.6 Å². The Morgan fingerprint density at radius 3 is 2.65 bits per heavy atom. The van der Waals surface area contributed by atoms with Gasteiger partial charge in [0.05, 0.1) is 18.0 Å². The Balaban J connectivity index is 2.30. The summed E-state index contributed by atoms with van der Waals surface area (Å²) in [4.78, 5) is 17.9. The molecule has 0 spiro atoms. The third-order valence-corrected chi connectivity index (χ3v) is 2.64. The monoisotopic (exact) mass is 274 g/mol. The van der Waals surface area contributed by atoms with Crippen LogP contribution in [0.5, 0.6) is 5.75 Å². The second kappa shape index (κ2) is 5.64. The minimum Gasteiger partial charge on any atom is -0.491 e. The van der Waals surface area contributed by atoms with Gasteiger partial charge in [-0.2, -0.15) is 0 Å². The van der Waals surface area contributed by atoms with E-state index in [-0.39, 0.29) is 11.5 Å². The minimum atomic E-state index is -0.300. The van der Waals surface area contributed by atoms with Crippen molar-refractivity contribution in [1.82, 2.24) is 9.97 Å². The molecule has 0 bridgehead atoms. The molecule has 2 aromatic rings. The lowest BCUT2D eigenvalue weighted by molar-refractivity contribution is 0.272. The maximum atomic E-state index is 11.4. The van der Waals surface area contributed by atoms with Crippen LogP contribution in [0.2, 0.25) is 0 Å². The zero-order valence-corrected chi connectivity index (χ0v) is 11.5. The Morgan fingerprint density at radius 1 is 1.30 bits per heavy atom. The summed E-state index contributed by atoms with van der Waals surface area (Å²) >= 11 is 0. The van der Waals surface area contributed by atoms with Gasteiger partial charge in [0.15, 0.2) is 0 Å². The number of aromatic amines is 1. The number of nitrogens with zero attached hydrogens (tertiary/aromatic N) is 1. The van der Waals surface area contributed by atoms with E-state index >= 15 is 0 Å². The molecule has 0 saturated carbocycles. The molecule has 0 aliphatic carbocycles. The molecule has 0 aliphatic heterocycles. The number of benzene rings is 1. The lowest BCUT2D eigenvalue weighted by Crippen LogP contribution is -2.10. The van der Waals surface area contributed by atoms with Gasteiger partial charge in [-0.15, -0.1) is 0 Å². The van der Waals surface area contributed by atoms with E-state index in [2.05, 4.69) is 23.8 Å². The van der Waals surface area contributed by atoms with E-state index in [0.29, 0.717) is 29.7 Å². The Kier molecular flexibility index (Phi) is 3.93. The molecule has 106 valence electrons. The number of nitrogens with one attached hydrogen (secondary N) is 1. The molecule has 1 aromatic heterocycles. The molecule has 2 rings (SSSR count). The third kappa shape index (κ3) is 3.28. The lowest BCUT2D eigenvalue weighted by atomic mass is 10.1. The van der Waals surface area contributed by atoms with Crippen LogP contribution in [0.25, 0.3) is 11.3 Å². The van der Waals surface area contributed by atoms with Gasteiger partial charge in [-0.05, 0) is 24.1 Å². The van der Waals surface area contributed by atoms with Crippen LogP contribution in [0, 0.1) is 5.92 Å². The molecule has 6 nitrogen and oxygen atoms in total. The number of rotatable bonds is 4. The molecule has 20 heavy (non-hydrogen) atoms. The first-order valence-electron chi connectivity index (χ1n) is 6.35. The predicted octanol–water partition coefficient (Wildman–Crippen LogP) is 1.64. The fourth-order valence-corrected chi connectivity index (χ4v) is 1.72. The fourth-order valence-electron chi connectivity index (χ4n) is 1.72. The molecular formula is C14H18N4O2. The van der Waals surface area contributed by atoms with Crippen molar-refractivity contribution in [3.8, 4) is 17.0 Å². The van der Waals surface area contributed by atoms with Gasteiger partial charge in [-0.3, -0.25) is 9.78 Å². The van der Waals surface area contributed by atoms with Crippen molar-refractivity contribution in [2.24, 2.45) is 5.92 Å². The van der Waals surface area contributed by atoms with E-state index < -0.39 is 0 Å². The molecule has 0 aliphatic rings. The van der Waals surface area contributed by atoms with E-state index in [9.17, 15) is 4.79 Å². The molecule has 1 aromatic carbocycles. The molecular weight excluding hydrogens is 256 g/mol. The van der Waals surface area contributed by atoms with E-state index in [1.54, 1.807) is 18.2 Å². The molecule has 0 amide bonds. The molecule has 0 atom stereocenters. The van der Waals surface area contributed by atoms with Crippen LogP contribution in [0.3, 0.4) is 0 Å². The van der Waals surface area contributed by atoms with Crippen molar-refractivity contribution >= 4 is 11.6 Å². The quantitative estimate of drug-likeness (QED) is 0.735. The standard InChI is InChI=1S/C14H18N4O2/c1-8(2)7-20-12-4-3-9(5-10(12)15)11-6-13(19)18-14(16)17-11/h3-6,8H,7,15H2,1-2H3,(H3,16,17,18,19). The summed E-state index contributed by atoms with van der Waals surface area (Å²) in [6.07, 6.45) is 0. The Hall–Kier alpha value is -2.50. The summed E-state index contributed by atoms with van der Waals surface area (Å²) in [5.74, 6) is 1.12. The minimum absolute atomic E-state index is 0.0752. The van der Waals surface area contributed by atoms with Gasteiger partial charge in [0.25, 0.3) is 5.56 Å². The Morgan fingerprint density at radius 2 is 2.05 bits per heavy atom. The summed E-state index contributed by atoms with van der Waals surface area (Å²) in [7, 11) is 0. The Labute approximate surface area is 116 Å². The fraction of sp³-hybridized carbons (Fsp3) is 0.286. The van der Waals surface area contributed by atoms with Crippen LogP contribution >= 0.6 is 0 Å². The average molecular weight is 274 g/mol. The summed E-state index contributed by atoms with van der Waals surface area (Å²) in [6.45, 7) is 4.72. The molecule has 1 heterocycles. The zero-order valence-electron chi connectivity index (χ0n) is 11.5. The first kappa shape index (κ1) is 13.9. The van der Waals surface area contributed by atoms with Gasteiger partial charge < -0.3 is 16.2 Å². The van der Waals surface area contributed by atoms with Crippen molar-refractivity contribution in [3.63, 3.8) is 0 Å². The van der Waals surface area contributed by atoms with Crippen LogP contribution in [-0.2, 0) is 0 Å². The number of anilines is 2. The first-order valence-corrected chi connectivity index (χ1v) is 6.35. The third-order valence-electron chi connectivity index (χ3n) is 2.64. The lowest BCUT2D eigenvalue weighted by Gasteiger charge is -2.12. The highest BCUT2D eigenvalue weighted by Gasteiger charge is 2.07. The number of ether oxygens (including phenoxy) is 1. The summed E-state index contributed by atoms with van der Waals surface area (Å²) in [6, 6.07) is 6.66. The SMILES string of the molecule is CC(C)COc1ccc(-c2cc(=O)[nH]c(N)n2)cc1N. The predicted molar refractivity (Wildman–Crippen MR) is 79.5 cm³/mol. The molecule has 5 N–H and O–H groups in total. The van der Waals surface area contributed by atoms with Crippen molar-refractivity contribution in [2.75, 3.05) is 18.1 Å². The molecule has 0 fully saturated rings. The largest absolute Gasteiger partial charge is 0.491 e. The first-order chi connectivity index (χ1) is 9.45. The molecule has 0 radical (unpaired) electrons. The van der Waals surface area contributed by atoms with Crippen LogP contribution in [0.15, 0.2) is 29.1 Å². The highest BCUT2D eigenvalue weighted by Crippen LogP contribution is 2.27. The highest BCUT2D eigenvalue weighted by atomic mass is 16.5. The number of nitrogen functional groups attached to an aromatic ring is 2. The number of nitrogens with two attached hydrogens (primary N) is 2. The van der Waals surface area contributed by atoms with Crippen molar-refractivity contribution < 1.29 is 4.74 Å². The van der Waals surface area contributed by atoms with Gasteiger partial charge in [0.1, 0.15) is 5.75 Å². The second-order valence-corrected chi connectivity index (χ2v) is 4.97. The van der Waals surface area contributed by atoms with Crippen molar-refractivity contribution in [2.45, 2.75) is 13.8 Å². The second-order valence-electron chi connectivity index (χ2n) is 4.97. The van der Waals surface area contributed by atoms with Gasteiger partial charge in [-0.25, -0.2) is 4.98 Å². The number of H-pyrrole nitrogens is 1. The zero-order chi connectivity index (χ0) is 14.7. The normalized spacial score (nSPS) is 10.8. The number of hydrogen-bond donors (Lipinski definition) is 3. The van der Waals surface area contributed by atoms with Gasteiger partial charge in [-0.1, -0.05) is 13.8 Å². The van der Waals surface area contributed by atoms with Crippen LogP contribution in [0.1, 0.15) is 13.8 Å². The molecule has 0 saturated heterocycles. The van der Waals surface area contributed by atoms with E-state index in [1.165, 1.54) is 6.07 Å². The molecule has 0 unspecified atom stereocenters. The maximum absolute atomic E-state index is 11.4. The average Bonchev–Trinajstić information content (AvgIpc) is 2.35. The van der Waals surface area contributed by atoms with Gasteiger partial charge >= 0.3 is 0 Å². The number of aromatic nitrogens is 2. The molecule has 6 heteroatoms.